The second-order valence-electron chi connectivity index (χ2n) is 7.98. The maximum absolute atomic E-state index is 12.8. The number of carbonyl (C=O) groups excluding carboxylic acids is 1. The van der Waals surface area contributed by atoms with E-state index >= 15 is 0 Å². The maximum Gasteiger partial charge on any atom is 0.223 e. The normalized spacial score (nSPS) is 19.7. The molecule has 0 bridgehead atoms. The molecule has 1 aliphatic carbocycles. The van der Waals surface area contributed by atoms with Gasteiger partial charge in [0.1, 0.15) is 5.75 Å². The molecule has 160 valence electrons. The SMILES string of the molecule is COc1ccc(C(CNC(=O)C2CCCC(N)C2)c2c[nH]c3ccccc23)cc1.Cl. The Morgan fingerprint density at radius 1 is 1.20 bits per heavy atom. The Balaban J connectivity index is 0.00000256. The van der Waals surface area contributed by atoms with E-state index in [1.807, 2.05) is 24.3 Å². The van der Waals surface area contributed by atoms with E-state index in [2.05, 4.69) is 40.8 Å². The Hall–Kier alpha value is -2.50. The molecule has 3 atom stereocenters. The number of carbonyl (C=O) groups is 1. The van der Waals surface area contributed by atoms with E-state index in [9.17, 15) is 4.79 Å². The van der Waals surface area contributed by atoms with Crippen LogP contribution in [0.15, 0.2) is 54.7 Å². The molecule has 0 aliphatic heterocycles. The van der Waals surface area contributed by atoms with Gasteiger partial charge in [0.25, 0.3) is 0 Å². The van der Waals surface area contributed by atoms with Crippen molar-refractivity contribution in [2.24, 2.45) is 11.7 Å². The highest BCUT2D eigenvalue weighted by Crippen LogP contribution is 2.32. The summed E-state index contributed by atoms with van der Waals surface area (Å²) in [4.78, 5) is 16.2. The Morgan fingerprint density at radius 2 is 1.97 bits per heavy atom. The summed E-state index contributed by atoms with van der Waals surface area (Å²) in [6, 6.07) is 16.5. The number of aromatic nitrogens is 1. The van der Waals surface area contributed by atoms with E-state index in [0.717, 1.165) is 42.5 Å². The lowest BCUT2D eigenvalue weighted by atomic mass is 9.85. The number of nitrogens with two attached hydrogens (primary N) is 1. The second kappa shape index (κ2) is 10.0. The average Bonchev–Trinajstić information content (AvgIpc) is 3.18. The number of benzene rings is 2. The average molecular weight is 428 g/mol. The van der Waals surface area contributed by atoms with Crippen LogP contribution in [0.4, 0.5) is 0 Å². The lowest BCUT2D eigenvalue weighted by molar-refractivity contribution is -0.126. The van der Waals surface area contributed by atoms with Crippen molar-refractivity contribution < 1.29 is 9.53 Å². The number of H-pyrrole nitrogens is 1. The van der Waals surface area contributed by atoms with Crippen molar-refractivity contribution in [3.63, 3.8) is 0 Å². The van der Waals surface area contributed by atoms with Crippen LogP contribution in [0.25, 0.3) is 10.9 Å². The summed E-state index contributed by atoms with van der Waals surface area (Å²) in [6.45, 7) is 0.554. The first-order chi connectivity index (χ1) is 14.2. The van der Waals surface area contributed by atoms with Gasteiger partial charge in [-0.2, -0.15) is 0 Å². The van der Waals surface area contributed by atoms with E-state index < -0.39 is 0 Å². The monoisotopic (exact) mass is 427 g/mol. The standard InChI is InChI=1S/C24H29N3O2.ClH/c1-29-19-11-9-16(10-12-19)21(22-15-26-23-8-3-2-7-20(22)23)14-27-24(28)17-5-4-6-18(25)13-17;/h2-3,7-12,15,17-18,21,26H,4-6,13-14,25H2,1H3,(H,27,28);1H. The first kappa shape index (κ1) is 22.2. The predicted octanol–water partition coefficient (Wildman–Crippen LogP) is 4.36. The van der Waals surface area contributed by atoms with Crippen LogP contribution in [0.1, 0.15) is 42.7 Å². The van der Waals surface area contributed by atoms with Crippen molar-refractivity contribution in [3.8, 4) is 5.75 Å². The summed E-state index contributed by atoms with van der Waals surface area (Å²) in [6.07, 6.45) is 5.82. The minimum absolute atomic E-state index is 0. The fourth-order valence-electron chi connectivity index (χ4n) is 4.44. The predicted molar refractivity (Wildman–Crippen MR) is 123 cm³/mol. The molecule has 3 aromatic rings. The highest BCUT2D eigenvalue weighted by molar-refractivity contribution is 5.85. The third kappa shape index (κ3) is 4.79. The third-order valence-corrected chi connectivity index (χ3v) is 6.08. The van der Waals surface area contributed by atoms with Gasteiger partial charge in [-0.3, -0.25) is 4.79 Å². The lowest BCUT2D eigenvalue weighted by Crippen LogP contribution is -2.39. The molecule has 3 unspecified atom stereocenters. The molecule has 0 spiro atoms. The second-order valence-corrected chi connectivity index (χ2v) is 7.98. The summed E-state index contributed by atoms with van der Waals surface area (Å²) < 4.78 is 5.31. The van der Waals surface area contributed by atoms with Gasteiger partial charge in [-0.25, -0.2) is 0 Å². The molecule has 5 nitrogen and oxygen atoms in total. The number of fused-ring (bicyclic) bond motifs is 1. The first-order valence-corrected chi connectivity index (χ1v) is 10.4. The van der Waals surface area contributed by atoms with Crippen LogP contribution in [-0.2, 0) is 4.79 Å². The zero-order valence-corrected chi connectivity index (χ0v) is 18.1. The molecule has 1 aliphatic rings. The van der Waals surface area contributed by atoms with Crippen LogP contribution in [0.2, 0.25) is 0 Å². The summed E-state index contributed by atoms with van der Waals surface area (Å²) in [5.41, 5.74) is 9.52. The van der Waals surface area contributed by atoms with Gasteiger partial charge in [0.15, 0.2) is 0 Å². The molecule has 4 N–H and O–H groups in total. The molecule has 0 saturated heterocycles. The lowest BCUT2D eigenvalue weighted by Gasteiger charge is -2.27. The van der Waals surface area contributed by atoms with E-state index in [-0.39, 0.29) is 36.2 Å². The number of amides is 1. The highest BCUT2D eigenvalue weighted by atomic mass is 35.5. The minimum Gasteiger partial charge on any atom is -0.497 e. The van der Waals surface area contributed by atoms with Crippen LogP contribution >= 0.6 is 12.4 Å². The Kier molecular flexibility index (Phi) is 7.40. The van der Waals surface area contributed by atoms with E-state index in [1.165, 1.54) is 10.9 Å². The fourth-order valence-corrected chi connectivity index (χ4v) is 4.44. The van der Waals surface area contributed by atoms with Crippen molar-refractivity contribution in [1.29, 1.82) is 0 Å². The number of aromatic amines is 1. The number of nitrogens with one attached hydrogen (secondary N) is 2. The number of para-hydroxylation sites is 1. The Morgan fingerprint density at radius 3 is 2.70 bits per heavy atom. The van der Waals surface area contributed by atoms with E-state index in [4.69, 9.17) is 10.5 Å². The van der Waals surface area contributed by atoms with Gasteiger partial charge in [-0.1, -0.05) is 36.8 Å². The van der Waals surface area contributed by atoms with Crippen molar-refractivity contribution in [1.82, 2.24) is 10.3 Å². The Labute approximate surface area is 183 Å². The van der Waals surface area contributed by atoms with Gasteiger partial charge >= 0.3 is 0 Å². The zero-order chi connectivity index (χ0) is 20.2. The topological polar surface area (TPSA) is 80.1 Å². The molecule has 2 aromatic carbocycles. The van der Waals surface area contributed by atoms with Crippen molar-refractivity contribution in [2.75, 3.05) is 13.7 Å². The molecular weight excluding hydrogens is 398 g/mol. The van der Waals surface area contributed by atoms with Gasteiger partial charge in [-0.05, 0) is 48.6 Å². The smallest absolute Gasteiger partial charge is 0.223 e. The van der Waals surface area contributed by atoms with Gasteiger partial charge in [0.2, 0.25) is 5.91 Å². The minimum atomic E-state index is 0. The van der Waals surface area contributed by atoms with E-state index in [0.29, 0.717) is 6.54 Å². The summed E-state index contributed by atoms with van der Waals surface area (Å²) in [5, 5.41) is 4.40. The summed E-state index contributed by atoms with van der Waals surface area (Å²) in [7, 11) is 1.67. The van der Waals surface area contributed by atoms with Gasteiger partial charge in [0, 0.05) is 41.5 Å². The van der Waals surface area contributed by atoms with Crippen molar-refractivity contribution >= 4 is 29.2 Å². The number of halogens is 1. The third-order valence-electron chi connectivity index (χ3n) is 6.08. The van der Waals surface area contributed by atoms with Crippen molar-refractivity contribution in [3.05, 3.63) is 65.9 Å². The Bertz CT molecular complexity index is 970. The van der Waals surface area contributed by atoms with Gasteiger partial charge in [-0.15, -0.1) is 12.4 Å². The fraction of sp³-hybridized carbons (Fsp3) is 0.375. The van der Waals surface area contributed by atoms with Gasteiger partial charge in [0.05, 0.1) is 7.11 Å². The van der Waals surface area contributed by atoms with Crippen molar-refractivity contribution in [2.45, 2.75) is 37.6 Å². The summed E-state index contributed by atoms with van der Waals surface area (Å²) >= 11 is 0. The molecule has 4 rings (SSSR count). The molecule has 6 heteroatoms. The van der Waals surface area contributed by atoms with Crippen LogP contribution < -0.4 is 15.8 Å². The highest BCUT2D eigenvalue weighted by Gasteiger charge is 2.26. The quantitative estimate of drug-likeness (QED) is 0.546. The number of methoxy groups -OCH3 is 1. The number of rotatable bonds is 6. The molecule has 30 heavy (non-hydrogen) atoms. The first-order valence-electron chi connectivity index (χ1n) is 10.4. The van der Waals surface area contributed by atoms with E-state index in [1.54, 1.807) is 7.11 Å². The molecule has 1 fully saturated rings. The van der Waals surface area contributed by atoms with Crippen LogP contribution in [-0.4, -0.2) is 30.6 Å². The van der Waals surface area contributed by atoms with Gasteiger partial charge < -0.3 is 20.8 Å². The van der Waals surface area contributed by atoms with Crippen LogP contribution in [0.3, 0.4) is 0 Å². The van der Waals surface area contributed by atoms with Crippen LogP contribution in [0, 0.1) is 5.92 Å². The zero-order valence-electron chi connectivity index (χ0n) is 17.3. The van der Waals surface area contributed by atoms with Crippen LogP contribution in [0.5, 0.6) is 5.75 Å². The molecular formula is C24H30ClN3O2. The maximum atomic E-state index is 12.8. The molecule has 1 heterocycles. The molecule has 0 radical (unpaired) electrons. The number of hydrogen-bond donors (Lipinski definition) is 3. The molecule has 1 saturated carbocycles. The molecule has 1 aromatic heterocycles. The summed E-state index contributed by atoms with van der Waals surface area (Å²) in [5.74, 6) is 1.03. The number of ether oxygens (including phenoxy) is 1. The largest absolute Gasteiger partial charge is 0.497 e. The number of hydrogen-bond acceptors (Lipinski definition) is 3. The molecule has 1 amide bonds.